The van der Waals surface area contributed by atoms with E-state index in [0.29, 0.717) is 13.2 Å². The number of rotatable bonds is 4. The van der Waals surface area contributed by atoms with Crippen LogP contribution < -0.4 is 10.1 Å². The minimum absolute atomic E-state index is 0.0832. The van der Waals surface area contributed by atoms with Crippen LogP contribution in [-0.4, -0.2) is 35.5 Å². The maximum atomic E-state index is 12.5. The average molecular weight is 302 g/mol. The van der Waals surface area contributed by atoms with Crippen LogP contribution in [0, 0.1) is 13.8 Å². The van der Waals surface area contributed by atoms with Gasteiger partial charge in [-0.15, -0.1) is 0 Å². The number of amides is 3. The molecule has 1 spiro atoms. The lowest BCUT2D eigenvalue weighted by molar-refractivity contribution is -0.131. The van der Waals surface area contributed by atoms with Gasteiger partial charge in [0.2, 0.25) is 0 Å². The first-order chi connectivity index (χ1) is 10.5. The Morgan fingerprint density at radius 1 is 1.18 bits per heavy atom. The third-order valence-electron chi connectivity index (χ3n) is 4.67. The molecule has 1 saturated heterocycles. The molecule has 1 heterocycles. The highest BCUT2D eigenvalue weighted by Gasteiger charge is 2.52. The van der Waals surface area contributed by atoms with Gasteiger partial charge >= 0.3 is 6.03 Å². The molecule has 0 bridgehead atoms. The third kappa shape index (κ3) is 2.45. The van der Waals surface area contributed by atoms with E-state index in [4.69, 9.17) is 4.74 Å². The number of nitrogens with zero attached hydrogens (tertiary/aromatic N) is 1. The molecule has 1 aliphatic carbocycles. The first-order valence-electron chi connectivity index (χ1n) is 7.87. The molecule has 22 heavy (non-hydrogen) atoms. The Morgan fingerprint density at radius 3 is 2.45 bits per heavy atom. The molecule has 1 saturated carbocycles. The number of nitrogens with one attached hydrogen (secondary N) is 1. The van der Waals surface area contributed by atoms with Gasteiger partial charge in [0.1, 0.15) is 17.9 Å². The van der Waals surface area contributed by atoms with Crippen molar-refractivity contribution in [2.75, 3.05) is 13.2 Å². The summed E-state index contributed by atoms with van der Waals surface area (Å²) in [6.07, 6.45) is 3.51. The van der Waals surface area contributed by atoms with E-state index in [-0.39, 0.29) is 11.9 Å². The summed E-state index contributed by atoms with van der Waals surface area (Å²) in [4.78, 5) is 25.9. The summed E-state index contributed by atoms with van der Waals surface area (Å²) >= 11 is 0. The summed E-state index contributed by atoms with van der Waals surface area (Å²) < 4.78 is 5.80. The Bertz CT molecular complexity index is 586. The fraction of sp³-hybridized carbons (Fsp3) is 0.529. The monoisotopic (exact) mass is 302 g/mol. The number of aryl methyl sites for hydroxylation is 2. The second-order valence-electron chi connectivity index (χ2n) is 6.25. The SMILES string of the molecule is Cc1cccc(C)c1OCCN1C(=O)NC2(CCCC2)C1=O. The van der Waals surface area contributed by atoms with Crippen LogP contribution in [0.5, 0.6) is 5.75 Å². The van der Waals surface area contributed by atoms with E-state index in [1.807, 2.05) is 32.0 Å². The normalized spacial score (nSPS) is 19.8. The van der Waals surface area contributed by atoms with Crippen molar-refractivity contribution in [2.24, 2.45) is 0 Å². The van der Waals surface area contributed by atoms with Crippen molar-refractivity contribution in [3.63, 3.8) is 0 Å². The van der Waals surface area contributed by atoms with Crippen LogP contribution in [0.15, 0.2) is 18.2 Å². The van der Waals surface area contributed by atoms with E-state index >= 15 is 0 Å². The van der Waals surface area contributed by atoms with Gasteiger partial charge in [-0.25, -0.2) is 4.79 Å². The molecule has 0 radical (unpaired) electrons. The number of carbonyl (C=O) groups is 2. The summed E-state index contributed by atoms with van der Waals surface area (Å²) in [6, 6.07) is 5.68. The molecule has 3 amide bonds. The molecule has 1 N–H and O–H groups in total. The molecule has 5 heteroatoms. The fourth-order valence-corrected chi connectivity index (χ4v) is 3.46. The number of ether oxygens (including phenoxy) is 1. The molecular weight excluding hydrogens is 280 g/mol. The van der Waals surface area contributed by atoms with Crippen LogP contribution in [0.4, 0.5) is 4.79 Å². The Morgan fingerprint density at radius 2 is 1.82 bits per heavy atom. The number of hydrogen-bond acceptors (Lipinski definition) is 3. The highest BCUT2D eigenvalue weighted by atomic mass is 16.5. The molecule has 0 aromatic heterocycles. The lowest BCUT2D eigenvalue weighted by atomic mass is 9.98. The van der Waals surface area contributed by atoms with E-state index in [1.165, 1.54) is 4.90 Å². The van der Waals surface area contributed by atoms with Crippen LogP contribution >= 0.6 is 0 Å². The molecule has 1 aromatic carbocycles. The largest absolute Gasteiger partial charge is 0.491 e. The van der Waals surface area contributed by atoms with Gasteiger partial charge < -0.3 is 10.1 Å². The lowest BCUT2D eigenvalue weighted by Crippen LogP contribution is -2.44. The van der Waals surface area contributed by atoms with E-state index in [0.717, 1.165) is 42.6 Å². The number of urea groups is 1. The van der Waals surface area contributed by atoms with Crippen molar-refractivity contribution < 1.29 is 14.3 Å². The van der Waals surface area contributed by atoms with Crippen molar-refractivity contribution in [2.45, 2.75) is 45.1 Å². The van der Waals surface area contributed by atoms with Crippen LogP contribution in [0.25, 0.3) is 0 Å². The molecular formula is C17H22N2O3. The van der Waals surface area contributed by atoms with Gasteiger partial charge in [0.25, 0.3) is 5.91 Å². The second kappa shape index (κ2) is 5.63. The van der Waals surface area contributed by atoms with E-state index in [1.54, 1.807) is 0 Å². The maximum absolute atomic E-state index is 12.5. The molecule has 1 aromatic rings. The van der Waals surface area contributed by atoms with Crippen molar-refractivity contribution in [3.8, 4) is 5.75 Å². The van der Waals surface area contributed by atoms with Crippen molar-refractivity contribution in [1.82, 2.24) is 10.2 Å². The highest BCUT2D eigenvalue weighted by molar-refractivity contribution is 6.07. The van der Waals surface area contributed by atoms with E-state index < -0.39 is 5.54 Å². The first kappa shape index (κ1) is 14.9. The number of hydrogen-bond donors (Lipinski definition) is 1. The zero-order valence-corrected chi connectivity index (χ0v) is 13.1. The van der Waals surface area contributed by atoms with Crippen LogP contribution in [0.2, 0.25) is 0 Å². The molecule has 2 fully saturated rings. The molecule has 0 unspecified atom stereocenters. The minimum Gasteiger partial charge on any atom is -0.491 e. The zero-order valence-electron chi connectivity index (χ0n) is 13.1. The molecule has 0 atom stereocenters. The predicted octanol–water partition coefficient (Wildman–Crippen LogP) is 2.55. The van der Waals surface area contributed by atoms with E-state index in [2.05, 4.69) is 5.32 Å². The summed E-state index contributed by atoms with van der Waals surface area (Å²) in [5, 5.41) is 2.88. The first-order valence-corrected chi connectivity index (χ1v) is 7.87. The van der Waals surface area contributed by atoms with Gasteiger partial charge in [0.15, 0.2) is 0 Å². The number of imide groups is 1. The van der Waals surface area contributed by atoms with Gasteiger partial charge in [0.05, 0.1) is 6.54 Å². The lowest BCUT2D eigenvalue weighted by Gasteiger charge is -2.20. The molecule has 1 aliphatic heterocycles. The Labute approximate surface area is 130 Å². The van der Waals surface area contributed by atoms with Crippen molar-refractivity contribution in [3.05, 3.63) is 29.3 Å². The fourth-order valence-electron chi connectivity index (χ4n) is 3.46. The van der Waals surface area contributed by atoms with E-state index in [9.17, 15) is 9.59 Å². The molecule has 5 nitrogen and oxygen atoms in total. The second-order valence-corrected chi connectivity index (χ2v) is 6.25. The third-order valence-corrected chi connectivity index (χ3v) is 4.67. The Kier molecular flexibility index (Phi) is 3.81. The van der Waals surface area contributed by atoms with Gasteiger partial charge in [-0.1, -0.05) is 31.0 Å². The quantitative estimate of drug-likeness (QED) is 0.870. The van der Waals surface area contributed by atoms with Gasteiger partial charge in [-0.2, -0.15) is 0 Å². The van der Waals surface area contributed by atoms with Gasteiger partial charge in [0, 0.05) is 0 Å². The summed E-state index contributed by atoms with van der Waals surface area (Å²) in [6.45, 7) is 4.59. The Hall–Kier alpha value is -2.04. The predicted molar refractivity (Wildman–Crippen MR) is 82.9 cm³/mol. The summed E-state index contributed by atoms with van der Waals surface area (Å²) in [5.74, 6) is 0.755. The maximum Gasteiger partial charge on any atom is 0.325 e. The number of benzene rings is 1. The summed E-state index contributed by atoms with van der Waals surface area (Å²) in [7, 11) is 0. The van der Waals surface area contributed by atoms with Crippen molar-refractivity contribution >= 4 is 11.9 Å². The van der Waals surface area contributed by atoms with Crippen LogP contribution in [-0.2, 0) is 4.79 Å². The highest BCUT2D eigenvalue weighted by Crippen LogP contribution is 2.35. The van der Waals surface area contributed by atoms with Crippen LogP contribution in [0.3, 0.4) is 0 Å². The summed E-state index contributed by atoms with van der Waals surface area (Å²) in [5.41, 5.74) is 1.49. The standard InChI is InChI=1S/C17H22N2O3/c1-12-6-5-7-13(2)14(12)22-11-10-19-15(20)17(18-16(19)21)8-3-4-9-17/h5-7H,3-4,8-11H2,1-2H3,(H,18,21). The minimum atomic E-state index is -0.629. The zero-order chi connectivity index (χ0) is 15.7. The topological polar surface area (TPSA) is 58.6 Å². The van der Waals surface area contributed by atoms with Crippen LogP contribution in [0.1, 0.15) is 36.8 Å². The van der Waals surface area contributed by atoms with Gasteiger partial charge in [-0.05, 0) is 37.8 Å². The number of carbonyl (C=O) groups excluding carboxylic acids is 2. The molecule has 2 aliphatic rings. The van der Waals surface area contributed by atoms with Crippen molar-refractivity contribution in [1.29, 1.82) is 0 Å². The number of para-hydroxylation sites is 1. The smallest absolute Gasteiger partial charge is 0.325 e. The Balaban J connectivity index is 1.62. The molecule has 3 rings (SSSR count). The molecule has 118 valence electrons. The van der Waals surface area contributed by atoms with Gasteiger partial charge in [-0.3, -0.25) is 9.69 Å². The average Bonchev–Trinajstić information content (AvgIpc) is 3.03.